The molecule has 100 valence electrons. The van der Waals surface area contributed by atoms with Crippen LogP contribution >= 0.6 is 0 Å². The van der Waals surface area contributed by atoms with Gasteiger partial charge in [0.25, 0.3) is 0 Å². The van der Waals surface area contributed by atoms with Crippen molar-refractivity contribution < 1.29 is 4.52 Å². The molecule has 0 amide bonds. The maximum Gasteiger partial charge on any atom is 0.240 e. The lowest BCUT2D eigenvalue weighted by Crippen LogP contribution is -2.26. The first-order valence-electron chi connectivity index (χ1n) is 6.96. The molecule has 0 spiro atoms. The van der Waals surface area contributed by atoms with E-state index in [0.717, 1.165) is 24.7 Å². The van der Waals surface area contributed by atoms with Gasteiger partial charge in [0.1, 0.15) is 0 Å². The third-order valence-corrected chi connectivity index (χ3v) is 3.65. The summed E-state index contributed by atoms with van der Waals surface area (Å²) in [7, 11) is 0. The molecule has 1 saturated carbocycles. The fourth-order valence-corrected chi connectivity index (χ4v) is 2.29. The van der Waals surface area contributed by atoms with Gasteiger partial charge in [-0.05, 0) is 30.9 Å². The Kier molecular flexibility index (Phi) is 3.89. The molecule has 2 aromatic rings. The molecule has 0 aliphatic heterocycles. The number of aromatic nitrogens is 2. The van der Waals surface area contributed by atoms with E-state index in [9.17, 15) is 0 Å². The molecule has 3 rings (SSSR count). The van der Waals surface area contributed by atoms with E-state index in [4.69, 9.17) is 4.52 Å². The zero-order chi connectivity index (χ0) is 12.9. The summed E-state index contributed by atoms with van der Waals surface area (Å²) in [6.07, 6.45) is 4.83. The zero-order valence-corrected chi connectivity index (χ0v) is 11.0. The summed E-state index contributed by atoms with van der Waals surface area (Å²) in [4.78, 5) is 4.41. The third kappa shape index (κ3) is 3.41. The van der Waals surface area contributed by atoms with Crippen LogP contribution in [0.15, 0.2) is 34.9 Å². The summed E-state index contributed by atoms with van der Waals surface area (Å²) in [5.41, 5.74) is 1.21. The van der Waals surface area contributed by atoms with E-state index in [2.05, 4.69) is 27.6 Å². The average molecular weight is 257 g/mol. The van der Waals surface area contributed by atoms with Crippen LogP contribution in [0.25, 0.3) is 0 Å². The fourth-order valence-electron chi connectivity index (χ4n) is 2.29. The molecule has 0 bridgehead atoms. The molecule has 19 heavy (non-hydrogen) atoms. The summed E-state index contributed by atoms with van der Waals surface area (Å²) in [6.45, 7) is 1.74. The number of hydrogen-bond acceptors (Lipinski definition) is 4. The number of nitrogens with zero attached hydrogens (tertiary/aromatic N) is 2. The van der Waals surface area contributed by atoms with Gasteiger partial charge in [-0.2, -0.15) is 4.98 Å². The molecule has 0 saturated heterocycles. The smallest absolute Gasteiger partial charge is 0.240 e. The third-order valence-electron chi connectivity index (χ3n) is 3.65. The van der Waals surface area contributed by atoms with Crippen molar-refractivity contribution >= 4 is 0 Å². The fraction of sp³-hybridized carbons (Fsp3) is 0.467. The van der Waals surface area contributed by atoms with E-state index >= 15 is 0 Å². The molecule has 1 fully saturated rings. The van der Waals surface area contributed by atoms with Gasteiger partial charge in [-0.1, -0.05) is 41.9 Å². The van der Waals surface area contributed by atoms with Crippen LogP contribution in [-0.4, -0.2) is 16.7 Å². The molecule has 1 aromatic heterocycles. The van der Waals surface area contributed by atoms with E-state index in [-0.39, 0.29) is 0 Å². The van der Waals surface area contributed by atoms with Crippen LogP contribution in [0.2, 0.25) is 0 Å². The molecule has 0 atom stereocenters. The van der Waals surface area contributed by atoms with Gasteiger partial charge in [0, 0.05) is 6.42 Å². The minimum absolute atomic E-state index is 0.679. The second kappa shape index (κ2) is 5.97. The Hall–Kier alpha value is -1.68. The highest BCUT2D eigenvalue weighted by molar-refractivity contribution is 5.18. The Morgan fingerprint density at radius 2 is 2.05 bits per heavy atom. The van der Waals surface area contributed by atoms with Crippen molar-refractivity contribution in [3.05, 3.63) is 47.6 Å². The van der Waals surface area contributed by atoms with Crippen LogP contribution in [0.5, 0.6) is 0 Å². The predicted octanol–water partition coefficient (Wildman–Crippen LogP) is 2.55. The molecular formula is C15H19N3O. The van der Waals surface area contributed by atoms with Crippen molar-refractivity contribution in [3.63, 3.8) is 0 Å². The van der Waals surface area contributed by atoms with Crippen molar-refractivity contribution in [1.29, 1.82) is 0 Å². The maximum atomic E-state index is 5.25. The average Bonchev–Trinajstić information content (AvgIpc) is 2.81. The largest absolute Gasteiger partial charge is 0.338 e. The summed E-state index contributed by atoms with van der Waals surface area (Å²) in [5.74, 6) is 2.30. The van der Waals surface area contributed by atoms with E-state index in [1.165, 1.54) is 24.8 Å². The van der Waals surface area contributed by atoms with Gasteiger partial charge in [-0.3, -0.25) is 0 Å². The van der Waals surface area contributed by atoms with Crippen molar-refractivity contribution in [3.8, 4) is 0 Å². The maximum absolute atomic E-state index is 5.25. The second-order valence-corrected chi connectivity index (χ2v) is 5.19. The normalized spacial score (nSPS) is 15.4. The van der Waals surface area contributed by atoms with Gasteiger partial charge in [-0.25, -0.2) is 0 Å². The molecule has 0 unspecified atom stereocenters. The van der Waals surface area contributed by atoms with Crippen LogP contribution in [0.1, 0.15) is 36.5 Å². The molecule has 1 N–H and O–H groups in total. The van der Waals surface area contributed by atoms with Crippen molar-refractivity contribution in [2.45, 2.75) is 32.2 Å². The first-order chi connectivity index (χ1) is 9.40. The molecule has 0 radical (unpaired) electrons. The van der Waals surface area contributed by atoms with Gasteiger partial charge in [0.2, 0.25) is 5.89 Å². The van der Waals surface area contributed by atoms with Crippen LogP contribution < -0.4 is 5.32 Å². The van der Waals surface area contributed by atoms with E-state index < -0.39 is 0 Å². The van der Waals surface area contributed by atoms with Crippen LogP contribution in [-0.2, 0) is 13.0 Å². The SMILES string of the molecule is c1ccc(Cc2noc(CNCC3CCC3)n2)cc1. The van der Waals surface area contributed by atoms with Gasteiger partial charge < -0.3 is 9.84 Å². The quantitative estimate of drug-likeness (QED) is 0.864. The Labute approximate surface area is 113 Å². The summed E-state index contributed by atoms with van der Waals surface area (Å²) >= 11 is 0. The first-order valence-corrected chi connectivity index (χ1v) is 6.96. The predicted molar refractivity (Wildman–Crippen MR) is 72.6 cm³/mol. The molecular weight excluding hydrogens is 238 g/mol. The van der Waals surface area contributed by atoms with Gasteiger partial charge in [0.15, 0.2) is 5.82 Å². The molecule has 1 aliphatic carbocycles. The molecule has 1 aliphatic rings. The Balaban J connectivity index is 1.48. The van der Waals surface area contributed by atoms with Gasteiger partial charge in [-0.15, -0.1) is 0 Å². The van der Waals surface area contributed by atoms with Crippen LogP contribution in [0.3, 0.4) is 0 Å². The summed E-state index contributed by atoms with van der Waals surface area (Å²) in [6, 6.07) is 10.2. The molecule has 1 aromatic carbocycles. The molecule has 4 heteroatoms. The zero-order valence-electron chi connectivity index (χ0n) is 11.0. The van der Waals surface area contributed by atoms with Gasteiger partial charge in [0.05, 0.1) is 6.54 Å². The lowest BCUT2D eigenvalue weighted by Gasteiger charge is -2.25. The van der Waals surface area contributed by atoms with E-state index in [1.807, 2.05) is 18.2 Å². The Bertz CT molecular complexity index is 505. The highest BCUT2D eigenvalue weighted by Gasteiger charge is 2.16. The lowest BCUT2D eigenvalue weighted by atomic mass is 9.85. The highest BCUT2D eigenvalue weighted by atomic mass is 16.5. The van der Waals surface area contributed by atoms with E-state index in [1.54, 1.807) is 0 Å². The molecule has 4 nitrogen and oxygen atoms in total. The van der Waals surface area contributed by atoms with Crippen LogP contribution in [0, 0.1) is 5.92 Å². The highest BCUT2D eigenvalue weighted by Crippen LogP contribution is 2.25. The minimum Gasteiger partial charge on any atom is -0.338 e. The summed E-state index contributed by atoms with van der Waals surface area (Å²) in [5, 5.41) is 7.40. The van der Waals surface area contributed by atoms with E-state index in [0.29, 0.717) is 12.4 Å². The summed E-state index contributed by atoms with van der Waals surface area (Å²) < 4.78 is 5.25. The Morgan fingerprint density at radius 1 is 1.21 bits per heavy atom. The van der Waals surface area contributed by atoms with Crippen LogP contribution in [0.4, 0.5) is 0 Å². The topological polar surface area (TPSA) is 51.0 Å². The number of benzene rings is 1. The van der Waals surface area contributed by atoms with Crippen molar-refractivity contribution in [2.24, 2.45) is 5.92 Å². The first kappa shape index (κ1) is 12.4. The van der Waals surface area contributed by atoms with Crippen molar-refractivity contribution in [1.82, 2.24) is 15.5 Å². The monoisotopic (exact) mass is 257 g/mol. The molecule has 1 heterocycles. The minimum atomic E-state index is 0.679. The number of nitrogens with one attached hydrogen (secondary N) is 1. The number of hydrogen-bond donors (Lipinski definition) is 1. The number of rotatable bonds is 6. The van der Waals surface area contributed by atoms with Crippen molar-refractivity contribution in [2.75, 3.05) is 6.54 Å². The second-order valence-electron chi connectivity index (χ2n) is 5.19. The standard InChI is InChI=1S/C15H19N3O/c1-2-5-12(6-3-1)9-14-17-15(19-18-14)11-16-10-13-7-4-8-13/h1-3,5-6,13,16H,4,7-11H2. The lowest BCUT2D eigenvalue weighted by molar-refractivity contribution is 0.291. The Morgan fingerprint density at radius 3 is 2.79 bits per heavy atom. The van der Waals surface area contributed by atoms with Gasteiger partial charge >= 0.3 is 0 Å².